The van der Waals surface area contributed by atoms with Gasteiger partial charge in [0.05, 0.1) is 6.61 Å². The van der Waals surface area contributed by atoms with Gasteiger partial charge in [0, 0.05) is 0 Å². The van der Waals surface area contributed by atoms with Crippen LogP contribution in [0.4, 0.5) is 5.82 Å². The average Bonchev–Trinajstić information content (AvgIpc) is 3.14. The van der Waals surface area contributed by atoms with Crippen molar-refractivity contribution in [2.24, 2.45) is 0 Å². The predicted octanol–water partition coefficient (Wildman–Crippen LogP) is -3.36. The number of imidazole rings is 1. The first kappa shape index (κ1) is 27.8. The van der Waals surface area contributed by atoms with Crippen molar-refractivity contribution < 1.29 is 58.5 Å². The molecule has 0 bridgehead atoms. The second-order valence-corrected chi connectivity index (χ2v) is 8.73. The van der Waals surface area contributed by atoms with Crippen molar-refractivity contribution in [3.63, 3.8) is 0 Å². The number of hydrogen-bond acceptors (Lipinski definition) is 11. The molecule has 4 atom stereocenters. The van der Waals surface area contributed by atoms with Crippen LogP contribution in [0.5, 0.6) is 0 Å². The van der Waals surface area contributed by atoms with Gasteiger partial charge in [0.15, 0.2) is 11.5 Å². The monoisotopic (exact) mass is 509 g/mol. The third kappa shape index (κ3) is 7.69. The topological polar surface area (TPSA) is 295 Å². The highest BCUT2D eigenvalue weighted by molar-refractivity contribution is 7.99. The summed E-state index contributed by atoms with van der Waals surface area (Å²) >= 11 is 1.17. The molecular weight excluding hydrogens is 488 g/mol. The molecule has 31 heavy (non-hydrogen) atoms. The molecule has 1 aliphatic heterocycles. The van der Waals surface area contributed by atoms with Crippen LogP contribution in [0, 0.1) is 0 Å². The Morgan fingerprint density at radius 3 is 2.06 bits per heavy atom. The van der Waals surface area contributed by atoms with Crippen molar-refractivity contribution in [1.82, 2.24) is 19.5 Å². The zero-order chi connectivity index (χ0) is 24.2. The minimum Gasteiger partial charge on any atom is -0.394 e. The van der Waals surface area contributed by atoms with Crippen molar-refractivity contribution in [1.29, 1.82) is 0 Å². The van der Waals surface area contributed by atoms with Crippen molar-refractivity contribution in [2.75, 3.05) is 18.6 Å². The molecule has 0 saturated carbocycles. The number of hydrogen-bond donors (Lipinski definition) is 10. The van der Waals surface area contributed by atoms with Gasteiger partial charge in [-0.1, -0.05) is 0 Å². The number of aromatic nitrogens is 4. The average molecular weight is 509 g/mol. The van der Waals surface area contributed by atoms with E-state index < -0.39 is 45.6 Å². The summed E-state index contributed by atoms with van der Waals surface area (Å²) in [7, 11) is -9.28. The third-order valence-electron chi connectivity index (χ3n) is 3.57. The van der Waals surface area contributed by atoms with Gasteiger partial charge in [0.2, 0.25) is 5.06 Å². The van der Waals surface area contributed by atoms with Crippen LogP contribution >= 0.6 is 27.4 Å². The smallest absolute Gasteiger partial charge is 0.394 e. The number of nitrogens with two attached hydrogens (primary N) is 1. The highest BCUT2D eigenvalue weighted by Gasteiger charge is 2.56. The molecule has 0 spiro atoms. The summed E-state index contributed by atoms with van der Waals surface area (Å²) in [6.07, 6.45) is 1.03. The molecule has 2 aromatic rings. The molecule has 0 aliphatic carbocycles. The van der Waals surface area contributed by atoms with E-state index in [2.05, 4.69) is 15.0 Å². The zero-order valence-corrected chi connectivity index (χ0v) is 18.1. The van der Waals surface area contributed by atoms with E-state index in [-0.39, 0.29) is 5.82 Å². The van der Waals surface area contributed by atoms with Crippen molar-refractivity contribution in [3.05, 3.63) is 12.7 Å². The highest BCUT2D eigenvalue weighted by Crippen LogP contribution is 2.44. The molecule has 1 fully saturated rings. The van der Waals surface area contributed by atoms with Crippen molar-refractivity contribution >= 4 is 44.4 Å². The Hall–Kier alpha value is -1.24. The number of rotatable bonds is 3. The summed E-state index contributed by atoms with van der Waals surface area (Å²) in [6.45, 7) is -0.412. The maximum absolute atomic E-state index is 10.4. The van der Waals surface area contributed by atoms with Crippen LogP contribution in [0.3, 0.4) is 0 Å². The summed E-state index contributed by atoms with van der Waals surface area (Å²) in [6, 6.07) is 0. The van der Waals surface area contributed by atoms with Gasteiger partial charge >= 0.3 is 15.6 Å². The number of aliphatic hydroxyl groups excluding tert-OH is 3. The summed E-state index contributed by atoms with van der Waals surface area (Å²) in [4.78, 5) is 55.2. The van der Waals surface area contributed by atoms with E-state index in [1.54, 1.807) is 6.26 Å². The lowest BCUT2D eigenvalue weighted by Crippen LogP contribution is -2.42. The van der Waals surface area contributed by atoms with Gasteiger partial charge in [-0.2, -0.15) is 0 Å². The molecule has 0 aromatic carbocycles. The molecule has 178 valence electrons. The number of fused-ring (bicyclic) bond motifs is 1. The number of nitrogens with zero attached hydrogens (tertiary/aromatic N) is 4. The number of nitrogen functional groups attached to an aromatic ring is 1. The molecule has 20 heteroatoms. The van der Waals surface area contributed by atoms with Crippen molar-refractivity contribution in [3.8, 4) is 0 Å². The lowest BCUT2D eigenvalue weighted by molar-refractivity contribution is -0.0773. The highest BCUT2D eigenvalue weighted by atomic mass is 32.2. The van der Waals surface area contributed by atoms with Crippen LogP contribution in [-0.4, -0.2) is 95.4 Å². The molecule has 0 radical (unpaired) electrons. The quantitative estimate of drug-likeness (QED) is 0.181. The zero-order valence-electron chi connectivity index (χ0n) is 15.5. The predicted molar refractivity (Wildman–Crippen MR) is 104 cm³/mol. The maximum atomic E-state index is 10.4. The fraction of sp³-hybridized carbons (Fsp3) is 0.545. The lowest BCUT2D eigenvalue weighted by Gasteiger charge is -2.31. The largest absolute Gasteiger partial charge is 0.466 e. The fourth-order valence-corrected chi connectivity index (χ4v) is 3.40. The van der Waals surface area contributed by atoms with Gasteiger partial charge in [-0.3, -0.25) is 4.57 Å². The van der Waals surface area contributed by atoms with Crippen LogP contribution in [0.2, 0.25) is 0 Å². The third-order valence-corrected chi connectivity index (χ3v) is 4.69. The number of thioether (sulfide) groups is 1. The van der Waals surface area contributed by atoms with Crippen LogP contribution in [0.15, 0.2) is 12.7 Å². The Balaban J connectivity index is 0.000000404. The first-order valence-corrected chi connectivity index (χ1v) is 12.1. The van der Waals surface area contributed by atoms with E-state index in [4.69, 9.17) is 49.0 Å². The molecule has 11 N–H and O–H groups in total. The van der Waals surface area contributed by atoms with E-state index in [0.717, 1.165) is 0 Å². The van der Waals surface area contributed by atoms with Gasteiger partial charge in [-0.25, -0.2) is 24.1 Å². The summed E-state index contributed by atoms with van der Waals surface area (Å²) in [5, 5.41) is 28.3. The molecule has 3 heterocycles. The molecule has 0 amide bonds. The van der Waals surface area contributed by atoms with Crippen LogP contribution in [0.1, 0.15) is 0 Å². The van der Waals surface area contributed by atoms with Crippen LogP contribution in [-0.2, 0) is 18.9 Å². The van der Waals surface area contributed by atoms with Gasteiger partial charge in [-0.15, -0.1) is 11.8 Å². The van der Waals surface area contributed by atoms with Gasteiger partial charge in [0.25, 0.3) is 0 Å². The Bertz CT molecular complexity index is 931. The fourth-order valence-electron chi connectivity index (χ4n) is 2.47. The Labute approximate surface area is 177 Å². The Morgan fingerprint density at radius 2 is 1.65 bits per heavy atom. The molecule has 17 nitrogen and oxygen atoms in total. The van der Waals surface area contributed by atoms with E-state index in [9.17, 15) is 15.3 Å². The standard InChI is InChI=1S/C11H15N5O4S.2H3O4P/c1-21-11(8(19)7(18)5(2-17)20-11)16-4-15-6-9(12)13-3-14-10(6)16;2*1-5(2,3)4/h3-5,7-8,17-19H,2H2,1H3,(H2,12,13,14);2*(H3,1,2,3,4)/t5-,7-,8-,11+;;/m1../s1. The molecule has 0 unspecified atom stereocenters. The Morgan fingerprint density at radius 1 is 1.13 bits per heavy atom. The summed E-state index contributed by atoms with van der Waals surface area (Å²) in [5.74, 6) is 0.210. The second-order valence-electron chi connectivity index (χ2n) is 5.68. The minimum atomic E-state index is -4.64. The Kier molecular flexibility index (Phi) is 9.49. The van der Waals surface area contributed by atoms with Crippen molar-refractivity contribution in [2.45, 2.75) is 23.4 Å². The second kappa shape index (κ2) is 10.6. The van der Waals surface area contributed by atoms with Gasteiger partial charge in [0.1, 0.15) is 36.5 Å². The minimum absolute atomic E-state index is 0.210. The van der Waals surface area contributed by atoms with Gasteiger partial charge < -0.3 is 55.2 Å². The first-order chi connectivity index (χ1) is 14.0. The van der Waals surface area contributed by atoms with Gasteiger partial charge in [-0.05, 0) is 6.26 Å². The molecular formula is C11H21N5O12P2S. The van der Waals surface area contributed by atoms with Crippen LogP contribution in [0.25, 0.3) is 11.2 Å². The number of ether oxygens (including phenoxy) is 1. The molecule has 1 saturated heterocycles. The lowest BCUT2D eigenvalue weighted by atomic mass is 10.1. The number of aliphatic hydroxyl groups is 3. The van der Waals surface area contributed by atoms with E-state index in [1.165, 1.54) is 29.0 Å². The summed E-state index contributed by atoms with van der Waals surface area (Å²) in [5.41, 5.74) is 6.50. The maximum Gasteiger partial charge on any atom is 0.466 e. The van der Waals surface area contributed by atoms with E-state index in [1.807, 2.05) is 0 Å². The van der Waals surface area contributed by atoms with Crippen LogP contribution < -0.4 is 5.73 Å². The summed E-state index contributed by atoms with van der Waals surface area (Å²) < 4.78 is 25.0. The molecule has 2 aromatic heterocycles. The van der Waals surface area contributed by atoms with E-state index >= 15 is 0 Å². The van der Waals surface area contributed by atoms with E-state index in [0.29, 0.717) is 11.2 Å². The number of phosphoric acid groups is 2. The normalized spacial score (nSPS) is 26.1. The number of anilines is 1. The molecule has 3 rings (SSSR count). The SMILES string of the molecule is CS[C@@]1(n2cnc3c(N)ncnc32)O[C@H](CO)[C@@H](O)[C@H]1O.O=P(O)(O)O.O=P(O)(O)O. The first-order valence-electron chi connectivity index (χ1n) is 7.75. The molecule has 1 aliphatic rings.